The van der Waals surface area contributed by atoms with E-state index in [1.165, 1.54) is 12.1 Å². The van der Waals surface area contributed by atoms with Crippen molar-refractivity contribution in [3.63, 3.8) is 0 Å². The van der Waals surface area contributed by atoms with Crippen LogP contribution in [0.15, 0.2) is 36.4 Å². The van der Waals surface area contributed by atoms with Crippen molar-refractivity contribution in [3.05, 3.63) is 69.7 Å². The van der Waals surface area contributed by atoms with Crippen LogP contribution in [0.3, 0.4) is 0 Å². The third kappa shape index (κ3) is 3.11. The Bertz CT molecular complexity index is 578. The minimum atomic E-state index is -0.582. The van der Waals surface area contributed by atoms with E-state index in [2.05, 4.69) is 5.32 Å². The minimum absolute atomic E-state index is 0.275. The van der Waals surface area contributed by atoms with Gasteiger partial charge in [0.2, 0.25) is 0 Å². The quantitative estimate of drug-likeness (QED) is 0.887. The Kier molecular flexibility index (Phi) is 4.17. The first-order valence-electron chi connectivity index (χ1n) is 5.90. The number of nitrogens with one attached hydrogen (secondary N) is 1. The number of benzene rings is 2. The molecule has 2 aromatic rings. The van der Waals surface area contributed by atoms with Gasteiger partial charge in [0.1, 0.15) is 11.6 Å². The van der Waals surface area contributed by atoms with Gasteiger partial charge >= 0.3 is 0 Å². The van der Waals surface area contributed by atoms with E-state index >= 15 is 0 Å². The molecule has 0 saturated carbocycles. The summed E-state index contributed by atoms with van der Waals surface area (Å²) in [5, 5.41) is 3.71. The molecule has 0 bridgehead atoms. The summed E-state index contributed by atoms with van der Waals surface area (Å²) < 4.78 is 26.6. The lowest BCUT2D eigenvalue weighted by Crippen LogP contribution is -2.19. The Labute approximate surface area is 116 Å². The van der Waals surface area contributed by atoms with Crippen LogP contribution in [0.2, 0.25) is 5.02 Å². The van der Waals surface area contributed by atoms with Gasteiger partial charge < -0.3 is 5.32 Å². The molecule has 2 aromatic carbocycles. The molecule has 2 rings (SSSR count). The van der Waals surface area contributed by atoms with Crippen LogP contribution in [-0.4, -0.2) is 7.05 Å². The number of halogens is 3. The maximum atomic E-state index is 13.3. The standard InChI is InChI=1S/C15H14ClF2N/c1-9-5-11(16)3-4-14(9)15(19-2)10-6-12(17)8-13(18)7-10/h3-8,15,19H,1-2H3. The highest BCUT2D eigenvalue weighted by Crippen LogP contribution is 2.27. The third-order valence-corrected chi connectivity index (χ3v) is 3.28. The molecular weight excluding hydrogens is 268 g/mol. The highest BCUT2D eigenvalue weighted by molar-refractivity contribution is 6.30. The lowest BCUT2D eigenvalue weighted by molar-refractivity contribution is 0.571. The van der Waals surface area contributed by atoms with Crippen molar-refractivity contribution in [3.8, 4) is 0 Å². The van der Waals surface area contributed by atoms with Crippen molar-refractivity contribution >= 4 is 11.6 Å². The smallest absolute Gasteiger partial charge is 0.126 e. The van der Waals surface area contributed by atoms with Gasteiger partial charge in [-0.25, -0.2) is 8.78 Å². The molecule has 0 radical (unpaired) electrons. The topological polar surface area (TPSA) is 12.0 Å². The normalized spacial score (nSPS) is 12.5. The van der Waals surface area contributed by atoms with Crippen molar-refractivity contribution in [1.29, 1.82) is 0 Å². The fourth-order valence-corrected chi connectivity index (χ4v) is 2.43. The van der Waals surface area contributed by atoms with E-state index in [9.17, 15) is 8.78 Å². The van der Waals surface area contributed by atoms with Gasteiger partial charge in [0, 0.05) is 11.1 Å². The first-order valence-corrected chi connectivity index (χ1v) is 6.28. The molecule has 0 spiro atoms. The molecule has 1 N–H and O–H groups in total. The van der Waals surface area contributed by atoms with Gasteiger partial charge in [0.15, 0.2) is 0 Å². The summed E-state index contributed by atoms with van der Waals surface area (Å²) in [6, 6.07) is 8.71. The van der Waals surface area contributed by atoms with Gasteiger partial charge in [-0.3, -0.25) is 0 Å². The van der Waals surface area contributed by atoms with E-state index in [0.29, 0.717) is 10.6 Å². The second-order valence-corrected chi connectivity index (χ2v) is 4.86. The maximum absolute atomic E-state index is 13.3. The molecule has 1 atom stereocenters. The lowest BCUT2D eigenvalue weighted by atomic mass is 9.95. The second-order valence-electron chi connectivity index (χ2n) is 4.43. The van der Waals surface area contributed by atoms with Crippen molar-refractivity contribution < 1.29 is 8.78 Å². The van der Waals surface area contributed by atoms with Gasteiger partial charge in [-0.05, 0) is 54.9 Å². The van der Waals surface area contributed by atoms with Crippen LogP contribution in [-0.2, 0) is 0 Å². The molecule has 19 heavy (non-hydrogen) atoms. The van der Waals surface area contributed by atoms with E-state index in [0.717, 1.165) is 17.2 Å². The fourth-order valence-electron chi connectivity index (χ4n) is 2.21. The molecule has 0 aliphatic heterocycles. The van der Waals surface area contributed by atoms with Gasteiger partial charge in [-0.1, -0.05) is 17.7 Å². The molecule has 0 saturated heterocycles. The van der Waals surface area contributed by atoms with E-state index in [1.807, 2.05) is 19.1 Å². The van der Waals surface area contributed by atoms with Crippen LogP contribution in [0.4, 0.5) is 8.78 Å². The van der Waals surface area contributed by atoms with Crippen LogP contribution in [0, 0.1) is 18.6 Å². The SMILES string of the molecule is CNC(c1cc(F)cc(F)c1)c1ccc(Cl)cc1C. The molecular formula is C15H14ClF2N. The zero-order valence-electron chi connectivity index (χ0n) is 10.7. The summed E-state index contributed by atoms with van der Waals surface area (Å²) in [7, 11) is 1.75. The molecule has 0 heterocycles. The summed E-state index contributed by atoms with van der Waals surface area (Å²) in [6.07, 6.45) is 0. The van der Waals surface area contributed by atoms with Crippen molar-refractivity contribution in [2.45, 2.75) is 13.0 Å². The summed E-state index contributed by atoms with van der Waals surface area (Å²) in [6.45, 7) is 1.92. The Balaban J connectivity index is 2.49. The number of hydrogen-bond donors (Lipinski definition) is 1. The molecule has 0 amide bonds. The van der Waals surface area contributed by atoms with Crippen LogP contribution in [0.25, 0.3) is 0 Å². The van der Waals surface area contributed by atoms with E-state index in [-0.39, 0.29) is 6.04 Å². The average Bonchev–Trinajstić information content (AvgIpc) is 2.31. The van der Waals surface area contributed by atoms with Crippen molar-refractivity contribution in [2.75, 3.05) is 7.05 Å². The largest absolute Gasteiger partial charge is 0.309 e. The second kappa shape index (κ2) is 5.68. The molecule has 1 nitrogen and oxygen atoms in total. The highest BCUT2D eigenvalue weighted by atomic mass is 35.5. The maximum Gasteiger partial charge on any atom is 0.126 e. The van der Waals surface area contributed by atoms with Crippen LogP contribution >= 0.6 is 11.6 Å². The minimum Gasteiger partial charge on any atom is -0.309 e. The molecule has 0 aliphatic carbocycles. The van der Waals surface area contributed by atoms with E-state index in [4.69, 9.17) is 11.6 Å². The van der Waals surface area contributed by atoms with Crippen molar-refractivity contribution in [2.24, 2.45) is 0 Å². The first-order chi connectivity index (χ1) is 9.01. The van der Waals surface area contributed by atoms with Gasteiger partial charge in [-0.2, -0.15) is 0 Å². The molecule has 4 heteroatoms. The number of aryl methyl sites for hydroxylation is 1. The van der Waals surface area contributed by atoms with Gasteiger partial charge in [0.25, 0.3) is 0 Å². The van der Waals surface area contributed by atoms with E-state index in [1.54, 1.807) is 13.1 Å². The lowest BCUT2D eigenvalue weighted by Gasteiger charge is -2.19. The Hall–Kier alpha value is -1.45. The molecule has 1 unspecified atom stereocenters. The summed E-state index contributed by atoms with van der Waals surface area (Å²) in [5.74, 6) is -1.16. The molecule has 100 valence electrons. The molecule has 0 aromatic heterocycles. The van der Waals surface area contributed by atoms with Gasteiger partial charge in [-0.15, -0.1) is 0 Å². The molecule has 0 aliphatic rings. The predicted molar refractivity (Wildman–Crippen MR) is 73.4 cm³/mol. The Morgan fingerprint density at radius 3 is 2.21 bits per heavy atom. The fraction of sp³-hybridized carbons (Fsp3) is 0.200. The first kappa shape index (κ1) is 14.0. The summed E-state index contributed by atoms with van der Waals surface area (Å²) in [5.41, 5.74) is 2.46. The monoisotopic (exact) mass is 281 g/mol. The van der Waals surface area contributed by atoms with Crippen molar-refractivity contribution in [1.82, 2.24) is 5.32 Å². The van der Waals surface area contributed by atoms with Gasteiger partial charge in [0.05, 0.1) is 6.04 Å². The zero-order valence-corrected chi connectivity index (χ0v) is 11.4. The predicted octanol–water partition coefficient (Wildman–Crippen LogP) is 4.24. The highest BCUT2D eigenvalue weighted by Gasteiger charge is 2.16. The molecule has 0 fully saturated rings. The summed E-state index contributed by atoms with van der Waals surface area (Å²) >= 11 is 5.92. The zero-order chi connectivity index (χ0) is 14.0. The average molecular weight is 282 g/mol. The summed E-state index contributed by atoms with van der Waals surface area (Å²) in [4.78, 5) is 0. The Morgan fingerprint density at radius 2 is 1.68 bits per heavy atom. The third-order valence-electron chi connectivity index (χ3n) is 3.05. The van der Waals surface area contributed by atoms with Crippen LogP contribution in [0.1, 0.15) is 22.7 Å². The Morgan fingerprint density at radius 1 is 1.05 bits per heavy atom. The van der Waals surface area contributed by atoms with Crippen LogP contribution in [0.5, 0.6) is 0 Å². The van der Waals surface area contributed by atoms with E-state index < -0.39 is 11.6 Å². The van der Waals surface area contributed by atoms with Crippen LogP contribution < -0.4 is 5.32 Å². The number of rotatable bonds is 3. The number of hydrogen-bond acceptors (Lipinski definition) is 1.